The number of H-pyrrole nitrogens is 2. The fourth-order valence-electron chi connectivity index (χ4n) is 2.95. The summed E-state index contributed by atoms with van der Waals surface area (Å²) in [5, 5.41) is 5.56. The summed E-state index contributed by atoms with van der Waals surface area (Å²) in [6.45, 7) is 0.199. The Morgan fingerprint density at radius 1 is 1.10 bits per heavy atom. The zero-order chi connectivity index (χ0) is 21.4. The molecule has 0 aliphatic carbocycles. The normalized spacial score (nSPS) is 11.8. The second-order valence-electron chi connectivity index (χ2n) is 6.39. The molecule has 0 aromatic carbocycles. The lowest BCUT2D eigenvalue weighted by molar-refractivity contribution is -0.144. The lowest BCUT2D eigenvalue weighted by atomic mass is 10.2. The first-order chi connectivity index (χ1) is 15.0. The van der Waals surface area contributed by atoms with Crippen LogP contribution in [0.2, 0.25) is 0 Å². The number of fused-ring (bicyclic) bond motifs is 1. The van der Waals surface area contributed by atoms with E-state index < -0.39 is 12.0 Å². The van der Waals surface area contributed by atoms with Gasteiger partial charge in [-0.15, -0.1) is 5.10 Å². The van der Waals surface area contributed by atoms with Gasteiger partial charge in [0, 0.05) is 24.2 Å². The Bertz CT molecular complexity index is 1330. The van der Waals surface area contributed by atoms with Crippen LogP contribution < -0.4 is 4.74 Å². The Morgan fingerprint density at radius 3 is 2.71 bits per heavy atom. The number of alkyl halides is 3. The first kappa shape index (κ1) is 18.7. The summed E-state index contributed by atoms with van der Waals surface area (Å²) in [5.41, 5.74) is 1.78. The largest absolute Gasteiger partial charge is 0.487 e. The van der Waals surface area contributed by atoms with Crippen molar-refractivity contribution in [3.63, 3.8) is 0 Å². The molecule has 5 aromatic heterocycles. The number of hydrogen-bond donors (Lipinski definition) is 2. The highest BCUT2D eigenvalue weighted by molar-refractivity contribution is 5.76. The average Bonchev–Trinajstić information content (AvgIpc) is 3.51. The first-order valence-corrected chi connectivity index (χ1v) is 8.87. The summed E-state index contributed by atoms with van der Waals surface area (Å²) in [5.74, 6) is -0.581. The quantitative estimate of drug-likeness (QED) is 0.442. The van der Waals surface area contributed by atoms with Crippen LogP contribution in [-0.2, 0) is 12.8 Å². The van der Waals surface area contributed by atoms with E-state index in [2.05, 4.69) is 40.1 Å². The van der Waals surface area contributed by atoms with Crippen molar-refractivity contribution < 1.29 is 17.9 Å². The van der Waals surface area contributed by atoms with Gasteiger partial charge >= 0.3 is 6.18 Å². The zero-order valence-corrected chi connectivity index (χ0v) is 15.5. The molecule has 0 radical (unpaired) electrons. The molecule has 0 atom stereocenters. The Morgan fingerprint density at radius 2 is 2.00 bits per heavy atom. The van der Waals surface area contributed by atoms with E-state index in [1.807, 2.05) is 0 Å². The van der Waals surface area contributed by atoms with Crippen molar-refractivity contribution in [3.8, 4) is 28.7 Å². The van der Waals surface area contributed by atoms with Crippen molar-refractivity contribution >= 4 is 5.78 Å². The Hall–Kier alpha value is -4.29. The van der Waals surface area contributed by atoms with Gasteiger partial charge in [0.05, 0.1) is 24.4 Å². The smallest absolute Gasteiger partial charge is 0.453 e. The number of nitrogens with one attached hydrogen (secondary N) is 2. The van der Waals surface area contributed by atoms with Crippen LogP contribution in [0.5, 0.6) is 5.75 Å². The van der Waals surface area contributed by atoms with Gasteiger partial charge in [-0.05, 0) is 12.1 Å². The van der Waals surface area contributed by atoms with Gasteiger partial charge in [0.25, 0.3) is 5.82 Å². The van der Waals surface area contributed by atoms with E-state index in [9.17, 15) is 13.2 Å². The summed E-state index contributed by atoms with van der Waals surface area (Å²) in [6.07, 6.45) is 4.80. The average molecular weight is 427 g/mol. The molecular formula is C18H12F3N9O. The van der Waals surface area contributed by atoms with Gasteiger partial charge in [-0.1, -0.05) is 0 Å². The third-order valence-electron chi connectivity index (χ3n) is 4.29. The van der Waals surface area contributed by atoms with Gasteiger partial charge in [0.1, 0.15) is 23.7 Å². The molecule has 156 valence electrons. The number of ether oxygens (including phenoxy) is 1. The standard InChI is InChI=1S/C18H12F3N9O/c19-18(20,21)16-27-15(28-29-16)13-14(12-6-23-9-25-12)30-7-10(4-24-17(30)26-13)8-31-11-2-1-3-22-5-11/h1-7,9H,8H2,(H,23,25)(H,27,28,29). The molecule has 5 rings (SSSR count). The third kappa shape index (κ3) is 3.56. The number of hydrogen-bond acceptors (Lipinski definition) is 7. The molecule has 0 bridgehead atoms. The molecule has 0 saturated heterocycles. The van der Waals surface area contributed by atoms with E-state index in [1.165, 1.54) is 12.5 Å². The minimum atomic E-state index is -4.68. The van der Waals surface area contributed by atoms with Crippen LogP contribution >= 0.6 is 0 Å². The fraction of sp³-hybridized carbons (Fsp3) is 0.111. The van der Waals surface area contributed by atoms with Gasteiger partial charge in [0.15, 0.2) is 5.82 Å². The van der Waals surface area contributed by atoms with Gasteiger partial charge in [-0.2, -0.15) is 13.2 Å². The zero-order valence-electron chi connectivity index (χ0n) is 15.5. The second kappa shape index (κ2) is 7.19. The molecule has 0 fully saturated rings. The molecule has 13 heteroatoms. The van der Waals surface area contributed by atoms with Gasteiger partial charge in [0.2, 0.25) is 5.78 Å². The van der Waals surface area contributed by atoms with Crippen LogP contribution in [0.25, 0.3) is 28.7 Å². The number of halogens is 3. The second-order valence-corrected chi connectivity index (χ2v) is 6.39. The van der Waals surface area contributed by atoms with Gasteiger partial charge < -0.3 is 9.72 Å². The molecule has 2 N–H and O–H groups in total. The maximum absolute atomic E-state index is 13.0. The molecule has 0 unspecified atom stereocenters. The number of aromatic nitrogens is 9. The first-order valence-electron chi connectivity index (χ1n) is 8.87. The van der Waals surface area contributed by atoms with Crippen LogP contribution in [0.4, 0.5) is 13.2 Å². The highest BCUT2D eigenvalue weighted by Crippen LogP contribution is 2.32. The van der Waals surface area contributed by atoms with E-state index in [0.717, 1.165) is 0 Å². The highest BCUT2D eigenvalue weighted by atomic mass is 19.4. The molecule has 31 heavy (non-hydrogen) atoms. The van der Waals surface area contributed by atoms with E-state index in [-0.39, 0.29) is 23.9 Å². The van der Waals surface area contributed by atoms with Crippen LogP contribution in [-0.4, -0.2) is 44.5 Å². The molecular weight excluding hydrogens is 415 g/mol. The maximum atomic E-state index is 13.0. The number of imidazole rings is 2. The van der Waals surface area contributed by atoms with Crippen molar-refractivity contribution in [1.29, 1.82) is 0 Å². The summed E-state index contributed by atoms with van der Waals surface area (Å²) in [4.78, 5) is 23.1. The SMILES string of the molecule is FC(F)(F)c1n[nH]c(-c2nc3ncc(COc4cccnc4)cn3c2-c2cnc[nH]2)n1. The molecule has 0 amide bonds. The van der Waals surface area contributed by atoms with Crippen molar-refractivity contribution in [3.05, 3.63) is 60.8 Å². The molecule has 0 aliphatic heterocycles. The van der Waals surface area contributed by atoms with E-state index in [0.29, 0.717) is 22.7 Å². The number of nitrogens with zero attached hydrogens (tertiary/aromatic N) is 7. The molecule has 5 aromatic rings. The minimum Gasteiger partial charge on any atom is -0.487 e. The number of rotatable bonds is 5. The Kier molecular flexibility index (Phi) is 4.34. The van der Waals surface area contributed by atoms with Crippen LogP contribution in [0.3, 0.4) is 0 Å². The van der Waals surface area contributed by atoms with Crippen LogP contribution in [0.15, 0.2) is 49.4 Å². The van der Waals surface area contributed by atoms with E-state index in [4.69, 9.17) is 4.74 Å². The highest BCUT2D eigenvalue weighted by Gasteiger charge is 2.36. The van der Waals surface area contributed by atoms with Crippen molar-refractivity contribution in [2.75, 3.05) is 0 Å². The number of aromatic amines is 2. The van der Waals surface area contributed by atoms with Crippen molar-refractivity contribution in [2.45, 2.75) is 12.8 Å². The summed E-state index contributed by atoms with van der Waals surface area (Å²) in [7, 11) is 0. The van der Waals surface area contributed by atoms with Gasteiger partial charge in [-0.25, -0.2) is 19.9 Å². The monoisotopic (exact) mass is 427 g/mol. The van der Waals surface area contributed by atoms with Crippen LogP contribution in [0.1, 0.15) is 11.4 Å². The van der Waals surface area contributed by atoms with Gasteiger partial charge in [-0.3, -0.25) is 14.5 Å². The van der Waals surface area contributed by atoms with Crippen molar-refractivity contribution in [1.82, 2.24) is 44.5 Å². The number of pyridine rings is 1. The molecule has 0 spiro atoms. The van der Waals surface area contributed by atoms with E-state index >= 15 is 0 Å². The lowest BCUT2D eigenvalue weighted by Crippen LogP contribution is -2.07. The predicted octanol–water partition coefficient (Wildman–Crippen LogP) is 2.90. The molecule has 0 aliphatic rings. The predicted molar refractivity (Wildman–Crippen MR) is 99.5 cm³/mol. The fourth-order valence-corrected chi connectivity index (χ4v) is 2.95. The van der Waals surface area contributed by atoms with E-state index in [1.54, 1.807) is 41.3 Å². The molecule has 10 nitrogen and oxygen atoms in total. The summed E-state index contributed by atoms with van der Waals surface area (Å²) in [6, 6.07) is 3.52. The summed E-state index contributed by atoms with van der Waals surface area (Å²) >= 11 is 0. The Balaban J connectivity index is 1.58. The topological polar surface area (TPSA) is 123 Å². The van der Waals surface area contributed by atoms with Crippen LogP contribution in [0, 0.1) is 0 Å². The van der Waals surface area contributed by atoms with Crippen molar-refractivity contribution in [2.24, 2.45) is 0 Å². The maximum Gasteiger partial charge on any atom is 0.453 e. The third-order valence-corrected chi connectivity index (χ3v) is 4.29. The Labute approximate surface area is 171 Å². The minimum absolute atomic E-state index is 0.143. The summed E-state index contributed by atoms with van der Waals surface area (Å²) < 4.78 is 46.2. The lowest BCUT2D eigenvalue weighted by Gasteiger charge is -2.07. The molecule has 0 saturated carbocycles. The molecule has 5 heterocycles.